The summed E-state index contributed by atoms with van der Waals surface area (Å²) in [6.45, 7) is 1.19. The Morgan fingerprint density at radius 1 is 1.10 bits per heavy atom. The van der Waals surface area contributed by atoms with Crippen LogP contribution in [0.1, 0.15) is 33.7 Å². The molecule has 4 rings (SSSR count). The molecular formula is C22H22N4O3. The molecule has 1 saturated heterocycles. The third-order valence-electron chi connectivity index (χ3n) is 4.97. The van der Waals surface area contributed by atoms with E-state index in [1.807, 2.05) is 58.3 Å². The number of hydrogen-bond donors (Lipinski definition) is 1. The van der Waals surface area contributed by atoms with Crippen molar-refractivity contribution in [2.24, 2.45) is 5.73 Å². The Kier molecular flexibility index (Phi) is 5.29. The van der Waals surface area contributed by atoms with Gasteiger partial charge >= 0.3 is 0 Å². The molecule has 0 aliphatic carbocycles. The van der Waals surface area contributed by atoms with Gasteiger partial charge in [-0.15, -0.1) is 0 Å². The molecule has 1 atom stereocenters. The number of primary amides is 1. The average Bonchev–Trinajstić information content (AvgIpc) is 3.29. The van der Waals surface area contributed by atoms with E-state index in [-0.39, 0.29) is 17.7 Å². The van der Waals surface area contributed by atoms with Crippen LogP contribution in [0.2, 0.25) is 0 Å². The average molecular weight is 390 g/mol. The molecule has 1 aliphatic heterocycles. The summed E-state index contributed by atoms with van der Waals surface area (Å²) in [4.78, 5) is 30.0. The highest BCUT2D eigenvalue weighted by Gasteiger charge is 2.26. The number of aromatic nitrogens is 2. The van der Waals surface area contributed by atoms with Crippen molar-refractivity contribution in [3.8, 4) is 11.4 Å². The molecule has 1 unspecified atom stereocenters. The highest BCUT2D eigenvalue weighted by atomic mass is 16.5. The second-order valence-corrected chi connectivity index (χ2v) is 7.01. The Morgan fingerprint density at radius 3 is 2.59 bits per heavy atom. The van der Waals surface area contributed by atoms with Gasteiger partial charge in [-0.3, -0.25) is 14.6 Å². The molecule has 0 saturated carbocycles. The normalized spacial score (nSPS) is 16.4. The molecule has 2 amide bonds. The summed E-state index contributed by atoms with van der Waals surface area (Å²) in [5.41, 5.74) is 7.10. The third kappa shape index (κ3) is 4.29. The van der Waals surface area contributed by atoms with Crippen molar-refractivity contribution in [2.45, 2.75) is 18.9 Å². The lowest BCUT2D eigenvalue weighted by Crippen LogP contribution is -2.44. The maximum absolute atomic E-state index is 12.9. The zero-order valence-electron chi connectivity index (χ0n) is 15.9. The van der Waals surface area contributed by atoms with E-state index in [4.69, 9.17) is 10.5 Å². The standard InChI is InChI=1S/C22H22N4O3/c23-21(27)20-14-18(9-10-24-20)29-19-4-3-13-26(15-19)22(28)16-5-7-17(8-6-16)25-11-1-2-12-25/h1-2,5-12,14,19H,3-4,13,15H2,(H2,23,27). The second-order valence-electron chi connectivity index (χ2n) is 7.01. The summed E-state index contributed by atoms with van der Waals surface area (Å²) < 4.78 is 7.98. The minimum atomic E-state index is -0.598. The van der Waals surface area contributed by atoms with Gasteiger partial charge < -0.3 is 19.9 Å². The number of carbonyl (C=O) groups is 2. The Bertz CT molecular complexity index is 999. The van der Waals surface area contributed by atoms with E-state index in [0.717, 1.165) is 18.5 Å². The molecule has 29 heavy (non-hydrogen) atoms. The van der Waals surface area contributed by atoms with Gasteiger partial charge in [0.15, 0.2) is 0 Å². The molecule has 0 radical (unpaired) electrons. The van der Waals surface area contributed by atoms with Crippen molar-refractivity contribution in [1.29, 1.82) is 0 Å². The fourth-order valence-electron chi connectivity index (χ4n) is 3.50. The van der Waals surface area contributed by atoms with Crippen LogP contribution in [0.25, 0.3) is 5.69 Å². The molecule has 0 bridgehead atoms. The van der Waals surface area contributed by atoms with Crippen LogP contribution >= 0.6 is 0 Å². The molecule has 1 aliphatic rings. The van der Waals surface area contributed by atoms with Crippen molar-refractivity contribution < 1.29 is 14.3 Å². The minimum Gasteiger partial charge on any atom is -0.488 e. The van der Waals surface area contributed by atoms with Crippen LogP contribution in [-0.2, 0) is 0 Å². The van der Waals surface area contributed by atoms with Crippen LogP contribution in [0, 0.1) is 0 Å². The van der Waals surface area contributed by atoms with E-state index < -0.39 is 5.91 Å². The monoisotopic (exact) mass is 390 g/mol. The van der Waals surface area contributed by atoms with E-state index >= 15 is 0 Å². The molecule has 148 valence electrons. The first-order valence-electron chi connectivity index (χ1n) is 9.55. The van der Waals surface area contributed by atoms with Crippen molar-refractivity contribution in [3.05, 3.63) is 78.4 Å². The van der Waals surface area contributed by atoms with Crippen molar-refractivity contribution in [1.82, 2.24) is 14.5 Å². The lowest BCUT2D eigenvalue weighted by Gasteiger charge is -2.33. The number of hydrogen-bond acceptors (Lipinski definition) is 4. The molecule has 7 nitrogen and oxygen atoms in total. The Hall–Kier alpha value is -3.61. The number of amides is 2. The smallest absolute Gasteiger partial charge is 0.267 e. The number of nitrogens with two attached hydrogens (primary N) is 1. The molecule has 1 fully saturated rings. The van der Waals surface area contributed by atoms with Crippen molar-refractivity contribution in [3.63, 3.8) is 0 Å². The van der Waals surface area contributed by atoms with E-state index in [9.17, 15) is 9.59 Å². The predicted octanol–water partition coefficient (Wildman–Crippen LogP) is 2.65. The van der Waals surface area contributed by atoms with E-state index in [2.05, 4.69) is 4.98 Å². The van der Waals surface area contributed by atoms with Gasteiger partial charge in [-0.25, -0.2) is 0 Å². The zero-order chi connectivity index (χ0) is 20.2. The van der Waals surface area contributed by atoms with Crippen LogP contribution in [0.15, 0.2) is 67.1 Å². The number of benzene rings is 1. The van der Waals surface area contributed by atoms with Crippen LogP contribution in [-0.4, -0.2) is 45.5 Å². The summed E-state index contributed by atoms with van der Waals surface area (Å²) in [6.07, 6.45) is 6.97. The van der Waals surface area contributed by atoms with Gasteiger partial charge in [0.1, 0.15) is 17.5 Å². The second kappa shape index (κ2) is 8.18. The maximum atomic E-state index is 12.9. The van der Waals surface area contributed by atoms with Crippen LogP contribution < -0.4 is 10.5 Å². The number of likely N-dealkylation sites (tertiary alicyclic amines) is 1. The Balaban J connectivity index is 1.42. The van der Waals surface area contributed by atoms with Crippen LogP contribution in [0.5, 0.6) is 5.75 Å². The maximum Gasteiger partial charge on any atom is 0.267 e. The third-order valence-corrected chi connectivity index (χ3v) is 4.97. The number of nitrogens with zero attached hydrogens (tertiary/aromatic N) is 3. The molecular weight excluding hydrogens is 368 g/mol. The number of piperidine rings is 1. The summed E-state index contributed by atoms with van der Waals surface area (Å²) in [6, 6.07) is 14.7. The highest BCUT2D eigenvalue weighted by molar-refractivity contribution is 5.94. The van der Waals surface area contributed by atoms with E-state index in [1.165, 1.54) is 12.3 Å². The zero-order valence-corrected chi connectivity index (χ0v) is 15.9. The predicted molar refractivity (Wildman–Crippen MR) is 108 cm³/mol. The van der Waals surface area contributed by atoms with Gasteiger partial charge in [0.2, 0.25) is 0 Å². The van der Waals surface area contributed by atoms with Gasteiger partial charge in [-0.2, -0.15) is 0 Å². The van der Waals surface area contributed by atoms with Crippen LogP contribution in [0.4, 0.5) is 0 Å². The van der Waals surface area contributed by atoms with Crippen molar-refractivity contribution >= 4 is 11.8 Å². The van der Waals surface area contributed by atoms with E-state index in [0.29, 0.717) is 24.4 Å². The lowest BCUT2D eigenvalue weighted by atomic mass is 10.1. The van der Waals surface area contributed by atoms with Gasteiger partial charge in [0.05, 0.1) is 6.54 Å². The van der Waals surface area contributed by atoms with E-state index in [1.54, 1.807) is 6.07 Å². The number of carbonyl (C=O) groups excluding carboxylic acids is 2. The summed E-state index contributed by atoms with van der Waals surface area (Å²) >= 11 is 0. The Morgan fingerprint density at radius 2 is 1.86 bits per heavy atom. The Labute approximate surface area is 168 Å². The molecule has 3 aromatic rings. The number of pyridine rings is 1. The molecule has 1 aromatic carbocycles. The molecule has 7 heteroatoms. The van der Waals surface area contributed by atoms with Gasteiger partial charge in [-0.05, 0) is 55.3 Å². The summed E-state index contributed by atoms with van der Waals surface area (Å²) in [5, 5.41) is 0. The molecule has 2 N–H and O–H groups in total. The topological polar surface area (TPSA) is 90.5 Å². The van der Waals surface area contributed by atoms with Crippen LogP contribution in [0.3, 0.4) is 0 Å². The number of ether oxygens (including phenoxy) is 1. The highest BCUT2D eigenvalue weighted by Crippen LogP contribution is 2.21. The first-order valence-corrected chi connectivity index (χ1v) is 9.55. The van der Waals surface area contributed by atoms with Gasteiger partial charge in [0, 0.05) is 42.5 Å². The first-order chi connectivity index (χ1) is 14.1. The number of rotatable bonds is 5. The quantitative estimate of drug-likeness (QED) is 0.725. The fraction of sp³-hybridized carbons (Fsp3) is 0.227. The molecule has 3 heterocycles. The SMILES string of the molecule is NC(=O)c1cc(OC2CCCN(C(=O)c3ccc(-n4cccc4)cc3)C2)ccn1. The minimum absolute atomic E-state index is 0.00934. The van der Waals surface area contributed by atoms with Gasteiger partial charge in [0.25, 0.3) is 11.8 Å². The molecule has 0 spiro atoms. The summed E-state index contributed by atoms with van der Waals surface area (Å²) in [7, 11) is 0. The van der Waals surface area contributed by atoms with Gasteiger partial charge in [-0.1, -0.05) is 0 Å². The lowest BCUT2D eigenvalue weighted by molar-refractivity contribution is 0.0537. The largest absolute Gasteiger partial charge is 0.488 e. The summed E-state index contributed by atoms with van der Waals surface area (Å²) in [5.74, 6) is -0.0756. The van der Waals surface area contributed by atoms with Crippen molar-refractivity contribution in [2.75, 3.05) is 13.1 Å². The molecule has 2 aromatic heterocycles. The first kappa shape index (κ1) is 18.7. The fourth-order valence-corrected chi connectivity index (χ4v) is 3.50.